The zero-order valence-corrected chi connectivity index (χ0v) is 10.0. The Hall–Kier alpha value is -1.02. The van der Waals surface area contributed by atoms with Gasteiger partial charge < -0.3 is 5.11 Å². The molecular weight excluding hydrogens is 198 g/mol. The lowest BCUT2D eigenvalue weighted by atomic mass is 9.94. The fourth-order valence-electron chi connectivity index (χ4n) is 2.44. The maximum absolute atomic E-state index is 9.71. The predicted octanol–water partition coefficient (Wildman–Crippen LogP) is 3.01. The van der Waals surface area contributed by atoms with Crippen LogP contribution in [0.4, 0.5) is 0 Å². The molecule has 0 atom stereocenters. The largest absolute Gasteiger partial charge is 0.508 e. The standard InChI is InChI=1S/C14H21NO/c1-2-12-7-9-15(10-8-12)11-13-5-3-4-6-14(13)16/h3-6,12,16H,2,7-11H2,1H3. The Morgan fingerprint density at radius 1 is 1.25 bits per heavy atom. The lowest BCUT2D eigenvalue weighted by Gasteiger charge is -2.31. The van der Waals surface area contributed by atoms with Gasteiger partial charge in [0, 0.05) is 12.1 Å². The van der Waals surface area contributed by atoms with Crippen molar-refractivity contribution in [2.75, 3.05) is 13.1 Å². The van der Waals surface area contributed by atoms with Gasteiger partial charge in [0.2, 0.25) is 0 Å². The summed E-state index contributed by atoms with van der Waals surface area (Å²) in [4.78, 5) is 2.45. The second-order valence-corrected chi connectivity index (χ2v) is 4.76. The van der Waals surface area contributed by atoms with Gasteiger partial charge in [0.15, 0.2) is 0 Å². The summed E-state index contributed by atoms with van der Waals surface area (Å²) in [5.41, 5.74) is 1.05. The Morgan fingerprint density at radius 2 is 1.94 bits per heavy atom. The Morgan fingerprint density at radius 3 is 2.56 bits per heavy atom. The predicted molar refractivity (Wildman–Crippen MR) is 66.4 cm³/mol. The molecule has 0 radical (unpaired) electrons. The van der Waals surface area contributed by atoms with E-state index in [1.165, 1.54) is 32.4 Å². The van der Waals surface area contributed by atoms with Crippen molar-refractivity contribution in [3.63, 3.8) is 0 Å². The second-order valence-electron chi connectivity index (χ2n) is 4.76. The molecule has 88 valence electrons. The van der Waals surface area contributed by atoms with Crippen molar-refractivity contribution in [3.8, 4) is 5.75 Å². The summed E-state index contributed by atoms with van der Waals surface area (Å²) in [5, 5.41) is 9.71. The molecule has 0 bridgehead atoms. The molecule has 0 unspecified atom stereocenters. The lowest BCUT2D eigenvalue weighted by Crippen LogP contribution is -2.32. The van der Waals surface area contributed by atoms with E-state index in [0.29, 0.717) is 5.75 Å². The molecule has 0 spiro atoms. The third kappa shape index (κ3) is 2.76. The minimum atomic E-state index is 0.431. The number of phenolic OH excluding ortho intramolecular Hbond substituents is 1. The molecule has 1 saturated heterocycles. The highest BCUT2D eigenvalue weighted by Gasteiger charge is 2.18. The first-order valence-corrected chi connectivity index (χ1v) is 6.29. The first-order valence-electron chi connectivity index (χ1n) is 6.29. The first-order chi connectivity index (χ1) is 7.79. The minimum Gasteiger partial charge on any atom is -0.508 e. The van der Waals surface area contributed by atoms with Gasteiger partial charge in [-0.25, -0.2) is 0 Å². The Labute approximate surface area is 97.9 Å². The number of phenols is 1. The molecule has 1 aliphatic heterocycles. The van der Waals surface area contributed by atoms with E-state index in [1.807, 2.05) is 18.2 Å². The van der Waals surface area contributed by atoms with Crippen molar-refractivity contribution in [2.24, 2.45) is 5.92 Å². The number of likely N-dealkylation sites (tertiary alicyclic amines) is 1. The second kappa shape index (κ2) is 5.35. The van der Waals surface area contributed by atoms with Crippen molar-refractivity contribution >= 4 is 0 Å². The van der Waals surface area contributed by atoms with Gasteiger partial charge in [-0.3, -0.25) is 4.90 Å². The average molecular weight is 219 g/mol. The highest BCUT2D eigenvalue weighted by molar-refractivity contribution is 5.31. The van der Waals surface area contributed by atoms with E-state index in [2.05, 4.69) is 11.8 Å². The van der Waals surface area contributed by atoms with E-state index in [0.717, 1.165) is 18.0 Å². The third-order valence-electron chi connectivity index (χ3n) is 3.67. The summed E-state index contributed by atoms with van der Waals surface area (Å²) >= 11 is 0. The Bertz CT molecular complexity index is 329. The van der Waals surface area contributed by atoms with Crippen LogP contribution in [0.25, 0.3) is 0 Å². The van der Waals surface area contributed by atoms with Crippen LogP contribution in [0, 0.1) is 5.92 Å². The van der Waals surface area contributed by atoms with Crippen molar-refractivity contribution < 1.29 is 5.11 Å². The maximum atomic E-state index is 9.71. The Balaban J connectivity index is 1.89. The van der Waals surface area contributed by atoms with Crippen LogP contribution in [-0.4, -0.2) is 23.1 Å². The van der Waals surface area contributed by atoms with E-state index >= 15 is 0 Å². The van der Waals surface area contributed by atoms with Gasteiger partial charge >= 0.3 is 0 Å². The molecule has 1 heterocycles. The minimum absolute atomic E-state index is 0.431. The smallest absolute Gasteiger partial charge is 0.120 e. The third-order valence-corrected chi connectivity index (χ3v) is 3.67. The summed E-state index contributed by atoms with van der Waals surface area (Å²) in [6.07, 6.45) is 3.93. The van der Waals surface area contributed by atoms with Crippen molar-refractivity contribution in [3.05, 3.63) is 29.8 Å². The molecule has 0 aromatic heterocycles. The lowest BCUT2D eigenvalue weighted by molar-refractivity contribution is 0.173. The summed E-state index contributed by atoms with van der Waals surface area (Å²) in [7, 11) is 0. The van der Waals surface area contributed by atoms with Gasteiger partial charge in [-0.2, -0.15) is 0 Å². The van der Waals surface area contributed by atoms with Crippen LogP contribution in [0.3, 0.4) is 0 Å². The van der Waals surface area contributed by atoms with Gasteiger partial charge in [0.1, 0.15) is 5.75 Å². The molecule has 2 rings (SSSR count). The molecule has 0 saturated carbocycles. The highest BCUT2D eigenvalue weighted by Crippen LogP contribution is 2.23. The zero-order chi connectivity index (χ0) is 11.4. The van der Waals surface area contributed by atoms with Gasteiger partial charge in [-0.05, 0) is 37.9 Å². The normalized spacial score (nSPS) is 18.8. The monoisotopic (exact) mass is 219 g/mol. The molecule has 2 heteroatoms. The van der Waals surface area contributed by atoms with Crippen LogP contribution >= 0.6 is 0 Å². The SMILES string of the molecule is CCC1CCN(Cc2ccccc2O)CC1. The number of benzene rings is 1. The fraction of sp³-hybridized carbons (Fsp3) is 0.571. The number of rotatable bonds is 3. The average Bonchev–Trinajstić information content (AvgIpc) is 2.33. The van der Waals surface area contributed by atoms with Gasteiger partial charge in [0.05, 0.1) is 0 Å². The number of para-hydroxylation sites is 1. The molecule has 0 amide bonds. The molecule has 1 fully saturated rings. The first kappa shape index (κ1) is 11.5. The van der Waals surface area contributed by atoms with Crippen LogP contribution in [0.15, 0.2) is 24.3 Å². The quantitative estimate of drug-likeness (QED) is 0.844. The van der Waals surface area contributed by atoms with Crippen LogP contribution in [0.2, 0.25) is 0 Å². The maximum Gasteiger partial charge on any atom is 0.120 e. The number of nitrogens with zero attached hydrogens (tertiary/aromatic N) is 1. The number of hydrogen-bond donors (Lipinski definition) is 1. The van der Waals surface area contributed by atoms with E-state index in [9.17, 15) is 5.11 Å². The highest BCUT2D eigenvalue weighted by atomic mass is 16.3. The molecular formula is C14H21NO. The zero-order valence-electron chi connectivity index (χ0n) is 10.0. The van der Waals surface area contributed by atoms with Gasteiger partial charge in [-0.1, -0.05) is 31.5 Å². The van der Waals surface area contributed by atoms with Crippen LogP contribution < -0.4 is 0 Å². The molecule has 0 aliphatic carbocycles. The molecule has 1 aromatic carbocycles. The van der Waals surface area contributed by atoms with E-state index in [4.69, 9.17) is 0 Å². The number of hydrogen-bond acceptors (Lipinski definition) is 2. The fourth-order valence-corrected chi connectivity index (χ4v) is 2.44. The van der Waals surface area contributed by atoms with Crippen molar-refractivity contribution in [1.29, 1.82) is 0 Å². The number of aromatic hydroxyl groups is 1. The van der Waals surface area contributed by atoms with E-state index < -0.39 is 0 Å². The molecule has 1 aliphatic rings. The number of piperidine rings is 1. The van der Waals surface area contributed by atoms with E-state index in [1.54, 1.807) is 6.07 Å². The molecule has 1 N–H and O–H groups in total. The van der Waals surface area contributed by atoms with Crippen LogP contribution in [0.1, 0.15) is 31.7 Å². The van der Waals surface area contributed by atoms with Gasteiger partial charge in [-0.15, -0.1) is 0 Å². The molecule has 2 nitrogen and oxygen atoms in total. The van der Waals surface area contributed by atoms with Crippen LogP contribution in [-0.2, 0) is 6.54 Å². The molecule has 16 heavy (non-hydrogen) atoms. The summed E-state index contributed by atoms with van der Waals surface area (Å²) < 4.78 is 0. The van der Waals surface area contributed by atoms with E-state index in [-0.39, 0.29) is 0 Å². The van der Waals surface area contributed by atoms with Crippen molar-refractivity contribution in [2.45, 2.75) is 32.7 Å². The topological polar surface area (TPSA) is 23.5 Å². The molecule has 1 aromatic rings. The summed E-state index contributed by atoms with van der Waals surface area (Å²) in [6.45, 7) is 5.52. The van der Waals surface area contributed by atoms with Gasteiger partial charge in [0.25, 0.3) is 0 Å². The Kier molecular flexibility index (Phi) is 3.83. The summed E-state index contributed by atoms with van der Waals surface area (Å²) in [6, 6.07) is 7.66. The van der Waals surface area contributed by atoms with Crippen LogP contribution in [0.5, 0.6) is 5.75 Å². The van der Waals surface area contributed by atoms with Crippen molar-refractivity contribution in [1.82, 2.24) is 4.90 Å². The summed E-state index contributed by atoms with van der Waals surface area (Å²) in [5.74, 6) is 1.35.